The third-order valence-corrected chi connectivity index (χ3v) is 7.41. The third kappa shape index (κ3) is 3.26. The van der Waals surface area contributed by atoms with E-state index in [1.807, 2.05) is 18.2 Å². The summed E-state index contributed by atoms with van der Waals surface area (Å²) >= 11 is 1.63. The molecule has 7 heteroatoms. The first kappa shape index (κ1) is 17.8. The van der Waals surface area contributed by atoms with Crippen LogP contribution in [-0.2, 0) is 10.0 Å². The first-order chi connectivity index (χ1) is 11.8. The second kappa shape index (κ2) is 6.72. The van der Waals surface area contributed by atoms with E-state index in [4.69, 9.17) is 0 Å². The van der Waals surface area contributed by atoms with Gasteiger partial charge in [0, 0.05) is 11.4 Å². The van der Waals surface area contributed by atoms with E-state index in [0.717, 1.165) is 17.1 Å². The van der Waals surface area contributed by atoms with E-state index >= 15 is 0 Å². The molecule has 2 aromatic carbocycles. The molecule has 0 spiro atoms. The molecule has 0 saturated carbocycles. The first-order valence-electron chi connectivity index (χ1n) is 7.89. The van der Waals surface area contributed by atoms with E-state index in [1.54, 1.807) is 31.7 Å². The Balaban J connectivity index is 2.19. The zero-order chi connectivity index (χ0) is 18.2. The zero-order valence-corrected chi connectivity index (χ0v) is 15.6. The number of sulfonamides is 1. The second-order valence-electron chi connectivity index (χ2n) is 5.95. The Labute approximate surface area is 151 Å². The SMILES string of the molecule is Cc1cc(C(=O)[O-])cc(S(=O)(=O)N2CCCSc3ccccc32)c1C. The quantitative estimate of drug-likeness (QED) is 0.822. The fourth-order valence-corrected chi connectivity index (χ4v) is 5.78. The van der Waals surface area contributed by atoms with Gasteiger partial charge in [-0.3, -0.25) is 4.31 Å². The molecule has 1 aliphatic heterocycles. The van der Waals surface area contributed by atoms with Crippen LogP contribution in [0.5, 0.6) is 0 Å². The van der Waals surface area contributed by atoms with Gasteiger partial charge in [-0.25, -0.2) is 8.42 Å². The molecule has 3 rings (SSSR count). The summed E-state index contributed by atoms with van der Waals surface area (Å²) in [6, 6.07) is 10.0. The second-order valence-corrected chi connectivity index (χ2v) is 8.92. The summed E-state index contributed by atoms with van der Waals surface area (Å²) < 4.78 is 28.1. The van der Waals surface area contributed by atoms with Crippen LogP contribution in [0.1, 0.15) is 27.9 Å². The smallest absolute Gasteiger partial charge is 0.264 e. The van der Waals surface area contributed by atoms with E-state index in [9.17, 15) is 18.3 Å². The molecular weight excluding hydrogens is 358 g/mol. The molecular formula is C18H18NO4S2-. The summed E-state index contributed by atoms with van der Waals surface area (Å²) in [6.45, 7) is 3.76. The van der Waals surface area contributed by atoms with E-state index < -0.39 is 16.0 Å². The number of carboxylic acids is 1. The number of hydrogen-bond donors (Lipinski definition) is 0. The average molecular weight is 376 g/mol. The molecule has 0 amide bonds. The Morgan fingerprint density at radius 2 is 1.92 bits per heavy atom. The number of anilines is 1. The molecule has 25 heavy (non-hydrogen) atoms. The molecule has 0 N–H and O–H groups in total. The molecule has 0 unspecified atom stereocenters. The summed E-state index contributed by atoms with van der Waals surface area (Å²) in [6.07, 6.45) is 0.719. The number of fused-ring (bicyclic) bond motifs is 1. The van der Waals surface area contributed by atoms with Crippen LogP contribution in [0.2, 0.25) is 0 Å². The van der Waals surface area contributed by atoms with Crippen molar-refractivity contribution in [1.29, 1.82) is 0 Å². The zero-order valence-electron chi connectivity index (χ0n) is 14.0. The number of benzene rings is 2. The van der Waals surface area contributed by atoms with Crippen LogP contribution in [0.25, 0.3) is 0 Å². The molecule has 0 bridgehead atoms. The number of aromatic carboxylic acids is 1. The van der Waals surface area contributed by atoms with Gasteiger partial charge in [-0.2, -0.15) is 0 Å². The molecule has 0 aromatic heterocycles. The number of rotatable bonds is 3. The van der Waals surface area contributed by atoms with Crippen LogP contribution in [0.4, 0.5) is 5.69 Å². The van der Waals surface area contributed by atoms with E-state index in [0.29, 0.717) is 23.4 Å². The van der Waals surface area contributed by atoms with Crippen LogP contribution in [0.3, 0.4) is 0 Å². The molecule has 0 saturated heterocycles. The normalized spacial score (nSPS) is 14.7. The van der Waals surface area contributed by atoms with Gasteiger partial charge in [-0.15, -0.1) is 11.8 Å². The van der Waals surface area contributed by atoms with Gasteiger partial charge >= 0.3 is 0 Å². The van der Waals surface area contributed by atoms with Crippen LogP contribution < -0.4 is 9.41 Å². The molecule has 5 nitrogen and oxygen atoms in total. The highest BCUT2D eigenvalue weighted by Crippen LogP contribution is 2.37. The van der Waals surface area contributed by atoms with Gasteiger partial charge in [0.05, 0.1) is 16.6 Å². The van der Waals surface area contributed by atoms with Gasteiger partial charge in [0.2, 0.25) is 0 Å². The van der Waals surface area contributed by atoms with E-state index in [1.165, 1.54) is 16.4 Å². The fourth-order valence-electron chi connectivity index (χ4n) is 2.88. The lowest BCUT2D eigenvalue weighted by Gasteiger charge is -2.26. The highest BCUT2D eigenvalue weighted by molar-refractivity contribution is 7.99. The summed E-state index contributed by atoms with van der Waals surface area (Å²) in [4.78, 5) is 12.2. The van der Waals surface area contributed by atoms with Crippen molar-refractivity contribution in [1.82, 2.24) is 0 Å². The van der Waals surface area contributed by atoms with Gasteiger partial charge in [0.1, 0.15) is 0 Å². The van der Waals surface area contributed by atoms with Gasteiger partial charge in [-0.05, 0) is 67.0 Å². The number of carbonyl (C=O) groups is 1. The molecule has 1 aliphatic rings. The maximum atomic E-state index is 13.4. The summed E-state index contributed by atoms with van der Waals surface area (Å²) in [5.41, 5.74) is 1.68. The predicted molar refractivity (Wildman–Crippen MR) is 96.6 cm³/mol. The Morgan fingerprint density at radius 1 is 1.20 bits per heavy atom. The van der Waals surface area contributed by atoms with Crippen molar-refractivity contribution in [2.75, 3.05) is 16.6 Å². The summed E-state index contributed by atoms with van der Waals surface area (Å²) in [7, 11) is -3.88. The maximum Gasteiger partial charge on any atom is 0.264 e. The predicted octanol–water partition coefficient (Wildman–Crippen LogP) is 2.36. The van der Waals surface area contributed by atoms with Crippen molar-refractivity contribution in [2.24, 2.45) is 0 Å². The van der Waals surface area contributed by atoms with Gasteiger partial charge < -0.3 is 9.90 Å². The molecule has 1 heterocycles. The molecule has 0 radical (unpaired) electrons. The van der Waals surface area contributed by atoms with E-state index in [-0.39, 0.29) is 10.5 Å². The topological polar surface area (TPSA) is 77.5 Å². The Morgan fingerprint density at radius 3 is 2.64 bits per heavy atom. The molecule has 132 valence electrons. The van der Waals surface area contributed by atoms with Gasteiger partial charge in [0.15, 0.2) is 0 Å². The average Bonchev–Trinajstić information content (AvgIpc) is 2.79. The number of thioether (sulfide) groups is 1. The lowest BCUT2D eigenvalue weighted by Crippen LogP contribution is -2.33. The molecule has 2 aromatic rings. The third-order valence-electron chi connectivity index (χ3n) is 4.32. The van der Waals surface area contributed by atoms with Crippen molar-refractivity contribution in [3.05, 3.63) is 53.1 Å². The first-order valence-corrected chi connectivity index (χ1v) is 10.3. The van der Waals surface area contributed by atoms with Crippen LogP contribution in [0.15, 0.2) is 46.2 Å². The van der Waals surface area contributed by atoms with Crippen molar-refractivity contribution < 1.29 is 18.3 Å². The van der Waals surface area contributed by atoms with Crippen LogP contribution in [0, 0.1) is 13.8 Å². The van der Waals surface area contributed by atoms with E-state index in [2.05, 4.69) is 0 Å². The molecule has 0 aliphatic carbocycles. The number of hydrogen-bond acceptors (Lipinski definition) is 5. The van der Waals surface area contributed by atoms with Crippen LogP contribution >= 0.6 is 11.8 Å². The monoisotopic (exact) mass is 376 g/mol. The number of carbonyl (C=O) groups excluding carboxylic acids is 1. The lowest BCUT2D eigenvalue weighted by molar-refractivity contribution is -0.255. The van der Waals surface area contributed by atoms with Crippen molar-refractivity contribution in [3.8, 4) is 0 Å². The van der Waals surface area contributed by atoms with Gasteiger partial charge in [-0.1, -0.05) is 12.1 Å². The summed E-state index contributed by atoms with van der Waals surface area (Å²) in [5, 5.41) is 11.3. The maximum absolute atomic E-state index is 13.4. The minimum Gasteiger partial charge on any atom is -0.545 e. The van der Waals surface area contributed by atoms with Crippen molar-refractivity contribution >= 4 is 33.4 Å². The molecule has 0 atom stereocenters. The largest absolute Gasteiger partial charge is 0.545 e. The highest BCUT2D eigenvalue weighted by Gasteiger charge is 2.30. The highest BCUT2D eigenvalue weighted by atomic mass is 32.2. The lowest BCUT2D eigenvalue weighted by atomic mass is 10.1. The van der Waals surface area contributed by atoms with Crippen molar-refractivity contribution in [2.45, 2.75) is 30.1 Å². The number of nitrogens with zero attached hydrogens (tertiary/aromatic N) is 1. The molecule has 0 fully saturated rings. The Bertz CT molecular complexity index is 938. The van der Waals surface area contributed by atoms with Crippen LogP contribution in [-0.4, -0.2) is 26.7 Å². The summed E-state index contributed by atoms with van der Waals surface area (Å²) in [5.74, 6) is -0.550. The van der Waals surface area contributed by atoms with Gasteiger partial charge in [0.25, 0.3) is 10.0 Å². The standard InChI is InChI=1S/C18H19NO4S2/c1-12-10-14(18(20)21)11-17(13(12)2)25(22,23)19-8-5-9-24-16-7-4-3-6-15(16)19/h3-4,6-7,10-11H,5,8-9H2,1-2H3,(H,20,21)/p-1. The minimum absolute atomic E-state index is 0.0217. The number of aryl methyl sites for hydroxylation is 1. The number of carboxylic acid groups (broad SMARTS) is 1. The minimum atomic E-state index is -3.88. The fraction of sp³-hybridized carbons (Fsp3) is 0.278. The number of para-hydroxylation sites is 1. The van der Waals surface area contributed by atoms with Crippen molar-refractivity contribution in [3.63, 3.8) is 0 Å². The Kier molecular flexibility index (Phi) is 4.79. The Hall–Kier alpha value is -1.99.